The van der Waals surface area contributed by atoms with E-state index in [9.17, 15) is 5.11 Å². The summed E-state index contributed by atoms with van der Waals surface area (Å²) in [6.45, 7) is 5.95. The van der Waals surface area contributed by atoms with E-state index in [-0.39, 0.29) is 30.6 Å². The fourth-order valence-corrected chi connectivity index (χ4v) is 3.66. The normalized spacial score (nSPS) is 17.6. The van der Waals surface area contributed by atoms with E-state index in [1.54, 1.807) is 0 Å². The van der Waals surface area contributed by atoms with Crippen LogP contribution in [0.2, 0.25) is 0 Å². The van der Waals surface area contributed by atoms with Crippen LogP contribution in [0.3, 0.4) is 0 Å². The van der Waals surface area contributed by atoms with Gasteiger partial charge < -0.3 is 20.1 Å². The van der Waals surface area contributed by atoms with Crippen LogP contribution in [0.25, 0.3) is 0 Å². The second-order valence-corrected chi connectivity index (χ2v) is 7.68. The third-order valence-corrected chi connectivity index (χ3v) is 5.08. The number of likely N-dealkylation sites (tertiary alicyclic amines) is 1. The van der Waals surface area contributed by atoms with Gasteiger partial charge in [-0.1, -0.05) is 30.3 Å². The first-order valence-electron chi connectivity index (χ1n) is 10.4. The molecule has 166 valence electrons. The molecule has 1 aromatic heterocycles. The molecule has 3 rings (SSSR count). The molecule has 7 nitrogen and oxygen atoms in total. The van der Waals surface area contributed by atoms with Crippen molar-refractivity contribution >= 4 is 29.9 Å². The smallest absolute Gasteiger partial charge is 0.194 e. The lowest BCUT2D eigenvalue weighted by Gasteiger charge is -2.22. The molecule has 2 aromatic rings. The molecule has 1 aliphatic rings. The van der Waals surface area contributed by atoms with Crippen molar-refractivity contribution in [1.82, 2.24) is 20.0 Å². The van der Waals surface area contributed by atoms with Crippen LogP contribution in [0.1, 0.15) is 24.5 Å². The van der Waals surface area contributed by atoms with Gasteiger partial charge in [-0.2, -0.15) is 5.10 Å². The zero-order valence-electron chi connectivity index (χ0n) is 17.9. The van der Waals surface area contributed by atoms with Gasteiger partial charge in [0.1, 0.15) is 0 Å². The standard InChI is InChI=1S/C22H33N5O2.HI/c1-3-23-22(24-13-21(28)17-29-16-18-7-5-4-6-8-18)27-10-9-19(15-27)11-20-12-25-26(2)14-20;/h4-8,12,14,19,21,28H,3,9-11,13,15-17H2,1-2H3,(H,23,24);1H. The average molecular weight is 527 g/mol. The van der Waals surface area contributed by atoms with Crippen LogP contribution in [-0.2, 0) is 24.8 Å². The van der Waals surface area contributed by atoms with Crippen molar-refractivity contribution in [2.75, 3.05) is 32.8 Å². The van der Waals surface area contributed by atoms with E-state index in [0.717, 1.165) is 44.0 Å². The quantitative estimate of drug-likeness (QED) is 0.298. The molecule has 0 spiro atoms. The molecule has 1 fully saturated rings. The zero-order chi connectivity index (χ0) is 20.5. The first kappa shape index (κ1) is 24.6. The number of aliphatic hydroxyl groups excluding tert-OH is 1. The van der Waals surface area contributed by atoms with Crippen molar-refractivity contribution in [1.29, 1.82) is 0 Å². The van der Waals surface area contributed by atoms with Gasteiger partial charge in [-0.15, -0.1) is 24.0 Å². The van der Waals surface area contributed by atoms with E-state index in [2.05, 4.69) is 33.4 Å². The van der Waals surface area contributed by atoms with Gasteiger partial charge in [0, 0.05) is 32.9 Å². The lowest BCUT2D eigenvalue weighted by molar-refractivity contribution is 0.0330. The number of aliphatic hydroxyl groups is 1. The predicted octanol–water partition coefficient (Wildman–Crippen LogP) is 2.45. The van der Waals surface area contributed by atoms with E-state index >= 15 is 0 Å². The number of aryl methyl sites for hydroxylation is 1. The first-order chi connectivity index (χ1) is 14.1. The second-order valence-electron chi connectivity index (χ2n) is 7.68. The van der Waals surface area contributed by atoms with E-state index in [0.29, 0.717) is 19.1 Å². The highest BCUT2D eigenvalue weighted by Crippen LogP contribution is 2.20. The van der Waals surface area contributed by atoms with Crippen LogP contribution in [-0.4, -0.2) is 64.6 Å². The van der Waals surface area contributed by atoms with E-state index < -0.39 is 6.10 Å². The molecule has 0 aliphatic carbocycles. The Kier molecular flexibility index (Phi) is 10.6. The first-order valence-corrected chi connectivity index (χ1v) is 10.4. The number of nitrogens with zero attached hydrogens (tertiary/aromatic N) is 4. The van der Waals surface area contributed by atoms with E-state index in [1.807, 2.05) is 48.3 Å². The highest BCUT2D eigenvalue weighted by Gasteiger charge is 2.25. The Morgan fingerprint density at radius 3 is 2.83 bits per heavy atom. The van der Waals surface area contributed by atoms with Gasteiger partial charge in [0.25, 0.3) is 0 Å². The number of aliphatic imine (C=N–C) groups is 1. The van der Waals surface area contributed by atoms with Gasteiger partial charge >= 0.3 is 0 Å². The van der Waals surface area contributed by atoms with Gasteiger partial charge in [0.15, 0.2) is 5.96 Å². The fraction of sp³-hybridized carbons (Fsp3) is 0.545. The number of aromatic nitrogens is 2. The highest BCUT2D eigenvalue weighted by molar-refractivity contribution is 14.0. The SMILES string of the molecule is CCNC(=NCC(O)COCc1ccccc1)N1CCC(Cc2cnn(C)c2)C1.I. The Morgan fingerprint density at radius 1 is 1.33 bits per heavy atom. The highest BCUT2D eigenvalue weighted by atomic mass is 127. The number of rotatable bonds is 9. The molecule has 2 N–H and O–H groups in total. The summed E-state index contributed by atoms with van der Waals surface area (Å²) in [7, 11) is 1.95. The molecular formula is C22H34IN5O2. The Labute approximate surface area is 196 Å². The van der Waals surface area contributed by atoms with Gasteiger partial charge in [-0.3, -0.25) is 9.67 Å². The van der Waals surface area contributed by atoms with Crippen molar-refractivity contribution in [2.24, 2.45) is 18.0 Å². The number of benzene rings is 1. The molecule has 2 atom stereocenters. The maximum absolute atomic E-state index is 10.2. The summed E-state index contributed by atoms with van der Waals surface area (Å²) in [5.41, 5.74) is 2.39. The van der Waals surface area contributed by atoms with Crippen molar-refractivity contribution in [3.8, 4) is 0 Å². The van der Waals surface area contributed by atoms with Crippen LogP contribution >= 0.6 is 24.0 Å². The number of ether oxygens (including phenoxy) is 1. The second kappa shape index (κ2) is 12.9. The molecule has 0 amide bonds. The molecule has 8 heteroatoms. The number of nitrogens with one attached hydrogen (secondary N) is 1. The third-order valence-electron chi connectivity index (χ3n) is 5.08. The fourth-order valence-electron chi connectivity index (χ4n) is 3.66. The summed E-state index contributed by atoms with van der Waals surface area (Å²) >= 11 is 0. The Hall–Kier alpha value is -1.65. The van der Waals surface area contributed by atoms with Gasteiger partial charge in [-0.25, -0.2) is 0 Å². The van der Waals surface area contributed by atoms with E-state index in [4.69, 9.17) is 4.74 Å². The Morgan fingerprint density at radius 2 is 2.13 bits per heavy atom. The molecule has 0 bridgehead atoms. The zero-order valence-corrected chi connectivity index (χ0v) is 20.2. The monoisotopic (exact) mass is 527 g/mol. The van der Waals surface area contributed by atoms with Crippen LogP contribution < -0.4 is 5.32 Å². The van der Waals surface area contributed by atoms with Crippen molar-refractivity contribution in [3.05, 3.63) is 53.9 Å². The van der Waals surface area contributed by atoms with E-state index in [1.165, 1.54) is 5.56 Å². The maximum Gasteiger partial charge on any atom is 0.194 e. The minimum Gasteiger partial charge on any atom is -0.389 e. The molecule has 30 heavy (non-hydrogen) atoms. The molecule has 2 unspecified atom stereocenters. The summed E-state index contributed by atoms with van der Waals surface area (Å²) in [6, 6.07) is 9.99. The number of hydrogen-bond donors (Lipinski definition) is 2. The van der Waals surface area contributed by atoms with Crippen molar-refractivity contribution < 1.29 is 9.84 Å². The molecule has 1 saturated heterocycles. The van der Waals surface area contributed by atoms with Crippen LogP contribution in [0, 0.1) is 5.92 Å². The predicted molar refractivity (Wildman–Crippen MR) is 130 cm³/mol. The molecule has 0 radical (unpaired) electrons. The molecular weight excluding hydrogens is 493 g/mol. The average Bonchev–Trinajstić information content (AvgIpc) is 3.35. The van der Waals surface area contributed by atoms with Crippen LogP contribution in [0.5, 0.6) is 0 Å². The topological polar surface area (TPSA) is 74.9 Å². The van der Waals surface area contributed by atoms with Crippen LogP contribution in [0.15, 0.2) is 47.7 Å². The maximum atomic E-state index is 10.2. The number of hydrogen-bond acceptors (Lipinski definition) is 4. The van der Waals surface area contributed by atoms with Crippen LogP contribution in [0.4, 0.5) is 0 Å². The summed E-state index contributed by atoms with van der Waals surface area (Å²) in [4.78, 5) is 6.95. The molecule has 2 heterocycles. The number of guanidine groups is 1. The van der Waals surface area contributed by atoms with Gasteiger partial charge in [-0.05, 0) is 36.8 Å². The number of halogens is 1. The summed E-state index contributed by atoms with van der Waals surface area (Å²) in [5, 5.41) is 17.9. The molecule has 0 saturated carbocycles. The lowest BCUT2D eigenvalue weighted by atomic mass is 10.0. The summed E-state index contributed by atoms with van der Waals surface area (Å²) in [5.74, 6) is 1.48. The molecule has 1 aromatic carbocycles. The van der Waals surface area contributed by atoms with Gasteiger partial charge in [0.05, 0.1) is 32.1 Å². The largest absolute Gasteiger partial charge is 0.389 e. The van der Waals surface area contributed by atoms with Crippen molar-refractivity contribution in [3.63, 3.8) is 0 Å². The Balaban J connectivity index is 0.00000320. The molecule has 1 aliphatic heterocycles. The van der Waals surface area contributed by atoms with Crippen molar-refractivity contribution in [2.45, 2.75) is 32.5 Å². The lowest BCUT2D eigenvalue weighted by Crippen LogP contribution is -2.40. The van der Waals surface area contributed by atoms with Gasteiger partial charge in [0.2, 0.25) is 0 Å². The summed E-state index contributed by atoms with van der Waals surface area (Å²) < 4.78 is 7.48. The Bertz CT molecular complexity index is 768. The minimum absolute atomic E-state index is 0. The summed E-state index contributed by atoms with van der Waals surface area (Å²) in [6.07, 6.45) is 5.62. The minimum atomic E-state index is -0.610. The third kappa shape index (κ3) is 7.88.